The molecule has 0 spiro atoms. The largest absolute Gasteiger partial charge is 0.481 e. The molecule has 0 N–H and O–H groups in total. The molecule has 3 heteroatoms. The van der Waals surface area contributed by atoms with Crippen LogP contribution >= 0.6 is 0 Å². The first kappa shape index (κ1) is 9.27. The number of rotatable bonds is 4. The highest BCUT2D eigenvalue weighted by atomic mass is 16.5. The first-order valence-corrected chi connectivity index (χ1v) is 3.81. The van der Waals surface area contributed by atoms with E-state index in [1.54, 1.807) is 12.1 Å². The molecule has 0 amide bonds. The summed E-state index contributed by atoms with van der Waals surface area (Å²) in [5.41, 5.74) is 0.757. The van der Waals surface area contributed by atoms with Gasteiger partial charge >= 0.3 is 0 Å². The minimum Gasteiger partial charge on any atom is -0.481 e. The van der Waals surface area contributed by atoms with Crippen LogP contribution in [0.4, 0.5) is 0 Å². The normalized spacial score (nSPS) is 8.85. The van der Waals surface area contributed by atoms with Gasteiger partial charge in [-0.2, -0.15) is 4.91 Å². The van der Waals surface area contributed by atoms with Crippen molar-refractivity contribution in [2.45, 2.75) is 6.54 Å². The second-order valence-electron chi connectivity index (χ2n) is 2.39. The van der Waals surface area contributed by atoms with E-state index < -0.39 is 0 Å². The van der Waals surface area contributed by atoms with Crippen LogP contribution in [0, 0.1) is 17.3 Å². The predicted octanol–water partition coefficient (Wildman–Crippen LogP) is 1.97. The summed E-state index contributed by atoms with van der Waals surface area (Å²) in [5, 5.41) is 2.79. The zero-order chi connectivity index (χ0) is 9.52. The topological polar surface area (TPSA) is 38.7 Å². The number of hydrogen-bond acceptors (Lipinski definition) is 3. The maximum atomic E-state index is 10.1. The van der Waals surface area contributed by atoms with Gasteiger partial charge in [0.05, 0.1) is 0 Å². The van der Waals surface area contributed by atoms with Gasteiger partial charge in [0.1, 0.15) is 18.9 Å². The maximum absolute atomic E-state index is 10.1. The number of nitrogens with zero attached hydrogens (tertiary/aromatic N) is 1. The van der Waals surface area contributed by atoms with Crippen LogP contribution < -0.4 is 4.74 Å². The van der Waals surface area contributed by atoms with Gasteiger partial charge in [0.2, 0.25) is 0 Å². The van der Waals surface area contributed by atoms with Crippen molar-refractivity contribution in [3.8, 4) is 18.1 Å². The average Bonchev–Trinajstić information content (AvgIpc) is 2.17. The summed E-state index contributed by atoms with van der Waals surface area (Å²) in [5.74, 6) is 2.98. The first-order valence-electron chi connectivity index (χ1n) is 3.81. The summed E-state index contributed by atoms with van der Waals surface area (Å²) in [4.78, 5) is 10.1. The molecule has 0 unspecified atom stereocenters. The van der Waals surface area contributed by atoms with Crippen LogP contribution in [0.5, 0.6) is 5.75 Å². The first-order chi connectivity index (χ1) is 6.38. The van der Waals surface area contributed by atoms with Crippen molar-refractivity contribution < 1.29 is 4.74 Å². The zero-order valence-electron chi connectivity index (χ0n) is 7.06. The summed E-state index contributed by atoms with van der Waals surface area (Å²) >= 11 is 0. The lowest BCUT2D eigenvalue weighted by atomic mass is 10.2. The standard InChI is InChI=1S/C10H9NO2/c1-2-7-13-10-6-4-3-5-9(10)8-11-12/h1,3-6H,7-8H2. The number of hydrogen-bond donors (Lipinski definition) is 0. The minimum absolute atomic E-state index is 0.112. The number of nitroso groups, excluding NO2 is 1. The molecule has 0 heterocycles. The smallest absolute Gasteiger partial charge is 0.148 e. The number of terminal acetylenes is 1. The van der Waals surface area contributed by atoms with Crippen LogP contribution in [0.2, 0.25) is 0 Å². The van der Waals surface area contributed by atoms with Crippen molar-refractivity contribution in [1.82, 2.24) is 0 Å². The molecule has 0 saturated carbocycles. The second kappa shape index (κ2) is 4.94. The van der Waals surface area contributed by atoms with Gasteiger partial charge in [0, 0.05) is 5.56 Å². The van der Waals surface area contributed by atoms with E-state index in [1.807, 2.05) is 12.1 Å². The van der Waals surface area contributed by atoms with Gasteiger partial charge in [0.25, 0.3) is 0 Å². The van der Waals surface area contributed by atoms with E-state index in [2.05, 4.69) is 11.1 Å². The molecule has 0 saturated heterocycles. The van der Waals surface area contributed by atoms with Gasteiger partial charge in [-0.1, -0.05) is 29.3 Å². The molecule has 13 heavy (non-hydrogen) atoms. The molecule has 1 aromatic carbocycles. The number of ether oxygens (including phenoxy) is 1. The Bertz CT molecular complexity index is 328. The lowest BCUT2D eigenvalue weighted by molar-refractivity contribution is 0.366. The Balaban J connectivity index is 2.78. The zero-order valence-corrected chi connectivity index (χ0v) is 7.06. The highest BCUT2D eigenvalue weighted by Crippen LogP contribution is 2.18. The molecular formula is C10H9NO2. The average molecular weight is 175 g/mol. The molecule has 0 radical (unpaired) electrons. The number of para-hydroxylation sites is 1. The quantitative estimate of drug-likeness (QED) is 0.518. The van der Waals surface area contributed by atoms with Crippen molar-refractivity contribution in [2.75, 3.05) is 6.61 Å². The van der Waals surface area contributed by atoms with Crippen molar-refractivity contribution in [2.24, 2.45) is 5.18 Å². The van der Waals surface area contributed by atoms with Crippen LogP contribution in [-0.2, 0) is 6.54 Å². The SMILES string of the molecule is C#CCOc1ccccc1CN=O. The fourth-order valence-corrected chi connectivity index (χ4v) is 0.964. The molecule has 0 aliphatic carbocycles. The summed E-state index contributed by atoms with van der Waals surface area (Å²) in [6.07, 6.45) is 5.04. The van der Waals surface area contributed by atoms with E-state index in [1.165, 1.54) is 0 Å². The lowest BCUT2D eigenvalue weighted by Gasteiger charge is -2.05. The van der Waals surface area contributed by atoms with Crippen molar-refractivity contribution in [3.63, 3.8) is 0 Å². The molecule has 0 fully saturated rings. The fraction of sp³-hybridized carbons (Fsp3) is 0.200. The molecule has 0 atom stereocenters. The molecule has 1 aromatic rings. The summed E-state index contributed by atoms with van der Waals surface area (Å²) in [6, 6.07) is 7.19. The van der Waals surface area contributed by atoms with Gasteiger partial charge < -0.3 is 4.74 Å². The Morgan fingerprint density at radius 3 is 2.92 bits per heavy atom. The second-order valence-corrected chi connectivity index (χ2v) is 2.39. The van der Waals surface area contributed by atoms with Crippen LogP contribution in [0.3, 0.4) is 0 Å². The molecule has 3 nitrogen and oxygen atoms in total. The lowest BCUT2D eigenvalue weighted by Crippen LogP contribution is -1.96. The van der Waals surface area contributed by atoms with Crippen LogP contribution in [0.25, 0.3) is 0 Å². The third kappa shape index (κ3) is 2.60. The minimum atomic E-state index is 0.112. The Morgan fingerprint density at radius 2 is 2.23 bits per heavy atom. The van der Waals surface area contributed by atoms with E-state index in [4.69, 9.17) is 11.2 Å². The van der Waals surface area contributed by atoms with E-state index in [0.717, 1.165) is 5.56 Å². The third-order valence-electron chi connectivity index (χ3n) is 1.52. The predicted molar refractivity (Wildman–Crippen MR) is 50.3 cm³/mol. The summed E-state index contributed by atoms with van der Waals surface area (Å²) < 4.78 is 5.20. The Labute approximate surface area is 76.7 Å². The van der Waals surface area contributed by atoms with Gasteiger partial charge in [-0.25, -0.2) is 0 Å². The Hall–Kier alpha value is -1.82. The monoisotopic (exact) mass is 175 g/mol. The van der Waals surface area contributed by atoms with Crippen molar-refractivity contribution in [3.05, 3.63) is 34.7 Å². The Kier molecular flexibility index (Phi) is 3.52. The molecule has 0 aliphatic heterocycles. The number of benzene rings is 1. The molecule has 1 rings (SSSR count). The molecule has 0 bridgehead atoms. The molecule has 0 aromatic heterocycles. The fourth-order valence-electron chi connectivity index (χ4n) is 0.964. The molecule has 0 aliphatic rings. The van der Waals surface area contributed by atoms with Crippen LogP contribution in [0.15, 0.2) is 29.4 Å². The van der Waals surface area contributed by atoms with Crippen LogP contribution in [-0.4, -0.2) is 6.61 Å². The van der Waals surface area contributed by atoms with Gasteiger partial charge in [0.15, 0.2) is 0 Å². The van der Waals surface area contributed by atoms with Crippen molar-refractivity contribution in [1.29, 1.82) is 0 Å². The highest BCUT2D eigenvalue weighted by Gasteiger charge is 2.00. The van der Waals surface area contributed by atoms with Crippen molar-refractivity contribution >= 4 is 0 Å². The highest BCUT2D eigenvalue weighted by molar-refractivity contribution is 5.33. The molecule has 66 valence electrons. The van der Waals surface area contributed by atoms with Crippen LogP contribution in [0.1, 0.15) is 5.56 Å². The third-order valence-corrected chi connectivity index (χ3v) is 1.52. The van der Waals surface area contributed by atoms with Gasteiger partial charge in [-0.3, -0.25) is 0 Å². The van der Waals surface area contributed by atoms with E-state index in [0.29, 0.717) is 5.75 Å². The summed E-state index contributed by atoms with van der Waals surface area (Å²) in [7, 11) is 0. The van der Waals surface area contributed by atoms with Gasteiger partial charge in [-0.15, -0.1) is 6.42 Å². The summed E-state index contributed by atoms with van der Waals surface area (Å²) in [6.45, 7) is 0.316. The Morgan fingerprint density at radius 1 is 1.46 bits per heavy atom. The molecular weight excluding hydrogens is 166 g/mol. The van der Waals surface area contributed by atoms with Gasteiger partial charge in [-0.05, 0) is 6.07 Å². The maximum Gasteiger partial charge on any atom is 0.148 e. The van der Waals surface area contributed by atoms with E-state index in [-0.39, 0.29) is 13.2 Å². The van der Waals surface area contributed by atoms with E-state index >= 15 is 0 Å². The van der Waals surface area contributed by atoms with E-state index in [9.17, 15) is 4.91 Å².